The molecule has 1 amide bonds. The summed E-state index contributed by atoms with van der Waals surface area (Å²) in [7, 11) is -4.38. The number of hydrogen-bond donors (Lipinski definition) is 3. The number of rotatable bonds is 27. The lowest BCUT2D eigenvalue weighted by atomic mass is 10.1. The monoisotopic (exact) mass is 563 g/mol. The molecule has 0 bridgehead atoms. The largest absolute Gasteiger partial charge is 0.472 e. The third-order valence-electron chi connectivity index (χ3n) is 5.95. The van der Waals surface area contributed by atoms with Crippen LogP contribution in [0.5, 0.6) is 0 Å². The summed E-state index contributed by atoms with van der Waals surface area (Å²) in [6, 6.07) is 0. The maximum absolute atomic E-state index is 11.8. The Morgan fingerprint density at radius 3 is 2.00 bits per heavy atom. The van der Waals surface area contributed by atoms with Gasteiger partial charge in [-0.25, -0.2) is 4.57 Å². The van der Waals surface area contributed by atoms with Gasteiger partial charge in [-0.1, -0.05) is 83.8 Å². The zero-order valence-electron chi connectivity index (χ0n) is 23.9. The number of allylic oxidation sites excluding steroid dienone is 2. The van der Waals surface area contributed by atoms with Gasteiger partial charge >= 0.3 is 13.8 Å². The Morgan fingerprint density at radius 1 is 0.789 bits per heavy atom. The topological polar surface area (TPSA) is 131 Å². The number of carbonyl (C=O) groups is 2. The van der Waals surface area contributed by atoms with Gasteiger partial charge in [-0.05, 0) is 38.5 Å². The van der Waals surface area contributed by atoms with Crippen molar-refractivity contribution in [1.29, 1.82) is 0 Å². The van der Waals surface area contributed by atoms with Crippen LogP contribution in [-0.4, -0.2) is 54.3 Å². The van der Waals surface area contributed by atoms with Crippen molar-refractivity contribution in [2.45, 2.75) is 129 Å². The van der Waals surface area contributed by atoms with E-state index in [0.717, 1.165) is 57.8 Å². The fraction of sp³-hybridized carbons (Fsp3) is 0.857. The van der Waals surface area contributed by atoms with E-state index in [1.54, 1.807) is 0 Å². The highest BCUT2D eigenvalue weighted by molar-refractivity contribution is 7.47. The standard InChI is InChI=1S/C28H54NO8P/c1-3-5-7-8-9-10-11-12-13-14-15-16-17-19-21-28(32)35-24-26(30)25-37-38(33,34)36-23-22-29-27(31)20-18-6-4-2/h11-12,26,30H,3-10,13-25H2,1-2H3,(H,29,31)(H,33,34)/b12-11-. The highest BCUT2D eigenvalue weighted by Gasteiger charge is 2.23. The van der Waals surface area contributed by atoms with E-state index < -0.39 is 26.5 Å². The number of unbranched alkanes of at least 4 members (excludes halogenated alkanes) is 12. The van der Waals surface area contributed by atoms with Gasteiger partial charge in [-0.3, -0.25) is 18.6 Å². The summed E-state index contributed by atoms with van der Waals surface area (Å²) < 4.78 is 26.4. The molecule has 2 atom stereocenters. The van der Waals surface area contributed by atoms with Gasteiger partial charge in [0, 0.05) is 19.4 Å². The number of aliphatic hydroxyl groups excluding tert-OH is 1. The first-order chi connectivity index (χ1) is 18.3. The minimum Gasteiger partial charge on any atom is -0.463 e. The van der Waals surface area contributed by atoms with Crippen LogP contribution in [0.25, 0.3) is 0 Å². The van der Waals surface area contributed by atoms with E-state index in [1.165, 1.54) is 38.5 Å². The van der Waals surface area contributed by atoms with Crippen molar-refractivity contribution < 1.29 is 37.9 Å². The molecule has 0 aromatic rings. The van der Waals surface area contributed by atoms with Gasteiger partial charge in [0.1, 0.15) is 12.7 Å². The number of phosphoric acid groups is 1. The summed E-state index contributed by atoms with van der Waals surface area (Å²) in [6.45, 7) is 3.32. The summed E-state index contributed by atoms with van der Waals surface area (Å²) in [5, 5.41) is 12.4. The van der Waals surface area contributed by atoms with E-state index in [2.05, 4.69) is 24.4 Å². The SMILES string of the molecule is CCCCCCC/C=C\CCCCCCCC(=O)OCC(O)COP(=O)(O)OCCNC(=O)CCCCC. The Kier molecular flexibility index (Phi) is 25.1. The van der Waals surface area contributed by atoms with Crippen LogP contribution in [-0.2, 0) is 27.9 Å². The molecule has 0 aromatic heterocycles. The van der Waals surface area contributed by atoms with Crippen LogP contribution in [0.1, 0.15) is 123 Å². The number of hydrogen-bond acceptors (Lipinski definition) is 7. The van der Waals surface area contributed by atoms with Crippen molar-refractivity contribution >= 4 is 19.7 Å². The molecule has 3 N–H and O–H groups in total. The predicted molar refractivity (Wildman–Crippen MR) is 151 cm³/mol. The van der Waals surface area contributed by atoms with Crippen LogP contribution in [0, 0.1) is 0 Å². The van der Waals surface area contributed by atoms with Gasteiger partial charge in [-0.15, -0.1) is 0 Å². The summed E-state index contributed by atoms with van der Waals surface area (Å²) in [5.74, 6) is -0.552. The zero-order valence-corrected chi connectivity index (χ0v) is 24.8. The average Bonchev–Trinajstić information content (AvgIpc) is 2.89. The molecule has 0 rings (SSSR count). The maximum atomic E-state index is 11.8. The zero-order chi connectivity index (χ0) is 28.3. The van der Waals surface area contributed by atoms with Gasteiger partial charge in [0.05, 0.1) is 13.2 Å². The van der Waals surface area contributed by atoms with Crippen LogP contribution >= 0.6 is 7.82 Å². The summed E-state index contributed by atoms with van der Waals surface area (Å²) in [6.07, 6.45) is 20.7. The smallest absolute Gasteiger partial charge is 0.463 e. The minimum atomic E-state index is -4.38. The third-order valence-corrected chi connectivity index (χ3v) is 6.93. The lowest BCUT2D eigenvalue weighted by molar-refractivity contribution is -0.147. The van der Waals surface area contributed by atoms with Gasteiger partial charge in [0.25, 0.3) is 0 Å². The molecule has 0 fully saturated rings. The highest BCUT2D eigenvalue weighted by atomic mass is 31.2. The molecule has 10 heteroatoms. The van der Waals surface area contributed by atoms with Gasteiger partial charge < -0.3 is 20.1 Å². The second kappa shape index (κ2) is 26.0. The van der Waals surface area contributed by atoms with E-state index in [9.17, 15) is 24.2 Å². The Labute approximate surface area is 230 Å². The summed E-state index contributed by atoms with van der Waals surface area (Å²) in [5.41, 5.74) is 0. The first-order valence-electron chi connectivity index (χ1n) is 14.7. The van der Waals surface area contributed by atoms with E-state index in [0.29, 0.717) is 6.42 Å². The second-order valence-electron chi connectivity index (χ2n) is 9.72. The van der Waals surface area contributed by atoms with Gasteiger partial charge in [0.15, 0.2) is 0 Å². The fourth-order valence-corrected chi connectivity index (χ4v) is 4.42. The number of esters is 1. The number of ether oxygens (including phenoxy) is 1. The molecule has 2 unspecified atom stereocenters. The van der Waals surface area contributed by atoms with Crippen LogP contribution in [0.2, 0.25) is 0 Å². The normalized spacial score (nSPS) is 13.9. The number of amides is 1. The average molecular weight is 564 g/mol. The van der Waals surface area contributed by atoms with Crippen LogP contribution in [0.4, 0.5) is 0 Å². The molecule has 0 heterocycles. The molecule has 0 saturated heterocycles. The lowest BCUT2D eigenvalue weighted by Crippen LogP contribution is -2.27. The molecule has 0 saturated carbocycles. The molecule has 0 aliphatic heterocycles. The lowest BCUT2D eigenvalue weighted by Gasteiger charge is -2.15. The number of carbonyl (C=O) groups excluding carboxylic acids is 2. The third kappa shape index (κ3) is 26.4. The van der Waals surface area contributed by atoms with Gasteiger partial charge in [0.2, 0.25) is 5.91 Å². The first kappa shape index (κ1) is 36.8. The Hall–Kier alpha value is -1.25. The number of aliphatic hydroxyl groups is 1. The molecule has 224 valence electrons. The highest BCUT2D eigenvalue weighted by Crippen LogP contribution is 2.42. The van der Waals surface area contributed by atoms with Crippen molar-refractivity contribution in [3.63, 3.8) is 0 Å². The molecule has 0 radical (unpaired) electrons. The Morgan fingerprint density at radius 2 is 1.34 bits per heavy atom. The fourth-order valence-electron chi connectivity index (χ4n) is 3.67. The predicted octanol–water partition coefficient (Wildman–Crippen LogP) is 6.37. The van der Waals surface area contributed by atoms with Crippen molar-refractivity contribution in [1.82, 2.24) is 5.32 Å². The molecule has 0 aliphatic carbocycles. The first-order valence-corrected chi connectivity index (χ1v) is 16.2. The Bertz CT molecular complexity index is 659. The van der Waals surface area contributed by atoms with E-state index in [4.69, 9.17) is 13.8 Å². The summed E-state index contributed by atoms with van der Waals surface area (Å²) in [4.78, 5) is 33.1. The summed E-state index contributed by atoms with van der Waals surface area (Å²) >= 11 is 0. The number of phosphoric ester groups is 1. The molecule has 0 spiro atoms. The molecule has 9 nitrogen and oxygen atoms in total. The molecular weight excluding hydrogens is 509 g/mol. The van der Waals surface area contributed by atoms with Crippen molar-refractivity contribution in [3.05, 3.63) is 12.2 Å². The molecule has 0 aromatic carbocycles. The molecule has 0 aliphatic rings. The molecular formula is C28H54NO8P. The van der Waals surface area contributed by atoms with E-state index >= 15 is 0 Å². The quantitative estimate of drug-likeness (QED) is 0.0455. The van der Waals surface area contributed by atoms with E-state index in [1.807, 2.05) is 6.92 Å². The second-order valence-corrected chi connectivity index (χ2v) is 11.2. The maximum Gasteiger partial charge on any atom is 0.472 e. The Balaban J connectivity index is 3.65. The van der Waals surface area contributed by atoms with E-state index in [-0.39, 0.29) is 32.1 Å². The minimum absolute atomic E-state index is 0.0787. The number of nitrogens with one attached hydrogen (secondary N) is 1. The van der Waals surface area contributed by atoms with Crippen molar-refractivity contribution in [3.8, 4) is 0 Å². The van der Waals surface area contributed by atoms with Crippen molar-refractivity contribution in [2.75, 3.05) is 26.4 Å². The van der Waals surface area contributed by atoms with Crippen LogP contribution in [0.3, 0.4) is 0 Å². The van der Waals surface area contributed by atoms with Gasteiger partial charge in [-0.2, -0.15) is 0 Å². The van der Waals surface area contributed by atoms with Crippen LogP contribution < -0.4 is 5.32 Å². The molecule has 38 heavy (non-hydrogen) atoms. The van der Waals surface area contributed by atoms with Crippen molar-refractivity contribution in [2.24, 2.45) is 0 Å². The van der Waals surface area contributed by atoms with Crippen LogP contribution in [0.15, 0.2) is 12.2 Å².